The van der Waals surface area contributed by atoms with Crippen LogP contribution in [0.15, 0.2) is 210 Å². The van der Waals surface area contributed by atoms with Gasteiger partial charge in [-0.1, -0.05) is 102 Å². The van der Waals surface area contributed by atoms with Crippen LogP contribution < -0.4 is 26.6 Å². The number of hydrogen-bond donors (Lipinski definition) is 5. The average Bonchev–Trinajstić information content (AvgIpc) is 1.65. The smallest absolute Gasteiger partial charge is 0.219 e. The van der Waals surface area contributed by atoms with Crippen LogP contribution in [-0.4, -0.2) is 163 Å². The molecule has 11 aliphatic rings. The molecular formula is C113H124F2N24O6. The normalized spacial score (nSPS) is 16.3. The number of carbonyl (C=O) groups excluding carboxylic acids is 5. The molecule has 0 bridgehead atoms. The fourth-order valence-corrected chi connectivity index (χ4v) is 20.2. The lowest BCUT2D eigenvalue weighted by molar-refractivity contribution is -0.130. The molecule has 0 unspecified atom stereocenters. The Morgan fingerprint density at radius 1 is 0.359 bits per heavy atom. The Bertz CT molecular complexity index is 7200. The molecule has 7 aromatic carbocycles. The summed E-state index contributed by atoms with van der Waals surface area (Å²) in [5, 5.41) is 50.0. The highest BCUT2D eigenvalue weighted by Crippen LogP contribution is 2.43. The lowest BCUT2D eigenvalue weighted by atomic mass is 10.0. The summed E-state index contributed by atoms with van der Waals surface area (Å²) in [4.78, 5) is 73.4. The van der Waals surface area contributed by atoms with Crippen LogP contribution in [0.2, 0.25) is 0 Å². The van der Waals surface area contributed by atoms with E-state index in [1.54, 1.807) is 71.3 Å². The average molecular weight is 1950 g/mol. The molecule has 0 radical (unpaired) electrons. The van der Waals surface area contributed by atoms with E-state index in [1.165, 1.54) is 111 Å². The number of halogens is 2. The molecule has 25 rings (SSSR count). The first-order valence-electron chi connectivity index (χ1n) is 51.2. The minimum atomic E-state index is -0.240. The second-order valence-corrected chi connectivity index (χ2v) is 40.4. The Hall–Kier alpha value is -15.4. The van der Waals surface area contributed by atoms with Crippen LogP contribution in [0.5, 0.6) is 0 Å². The number of anilines is 10. The molecule has 5 N–H and O–H groups in total. The fraction of sp³-hybridized carbons (Fsp3) is 0.372. The maximum atomic E-state index is 14.2. The number of allylic oxidation sites excluding steroid dienone is 1. The third-order valence-corrected chi connectivity index (χ3v) is 29.4. The third-order valence-electron chi connectivity index (χ3n) is 29.4. The second kappa shape index (κ2) is 42.3. The molecule has 6 aliphatic heterocycles. The molecule has 0 saturated heterocycles. The molecule has 5 aliphatic carbocycles. The van der Waals surface area contributed by atoms with E-state index in [0.29, 0.717) is 38.3 Å². The molecule has 32 heteroatoms. The summed E-state index contributed by atoms with van der Waals surface area (Å²) in [5.41, 5.74) is 26.5. The van der Waals surface area contributed by atoms with E-state index in [0.717, 1.165) is 269 Å². The van der Waals surface area contributed by atoms with Crippen molar-refractivity contribution in [1.82, 2.24) is 88.3 Å². The molecule has 746 valence electrons. The topological polar surface area (TPSA) is 307 Å². The van der Waals surface area contributed by atoms with E-state index in [4.69, 9.17) is 30.0 Å². The molecular weight excluding hydrogens is 1830 g/mol. The summed E-state index contributed by atoms with van der Waals surface area (Å²) < 4.78 is 45.1. The van der Waals surface area contributed by atoms with Gasteiger partial charge in [-0.3, -0.25) is 57.1 Å². The molecule has 145 heavy (non-hydrogen) atoms. The maximum Gasteiger partial charge on any atom is 0.219 e. The standard InChI is InChI=1S/2C24H25FN4O.C22H26N6O.C22H25N5O.C21H23N5O2/c1-16(30)28-12-11-23-21(15-28)24(27-29(23)14-17-9-10-17)26-19-6-4-5-18(13-19)20-7-2-3-8-22(20)25;1-16(30)28-12-11-23-22(15-28)24(27-29(23)14-17-5-6-17)26-21-4-2-3-19(13-21)18-7-9-20(25)10-8-18;1-15(29)27-11-9-21-19(14-27)22(25-28(21)13-16-6-7-16)24-18-5-3-4-17(12-18)20-8-10-23-26(20)2;1-15(28)26-10-8-21-20(14-26)22(25-27(21)13-16-5-6-16)24-19-4-2-3-17(11-19)18-7-9-23-12-18;1-14(27)25-8-7-20-19(12-25)21(24-26(20)11-15-5-6-15)23-18-4-2-3-16(9-18)17-10-22-28-13-17/h2-8,13,17H,9-12,14-15H2,1H3,(H,26,27);2-4,7-10,13,17H,5-6,11-12,14-15H2,1H3,(H,26,27);3-5,8,10,12,16H,6-7,9,11,13-14H2,1-2H3,(H,24,25);2-4,7,11-12,16H,5-6,8-10,13-14H2,1H3,(H,24,25);2-4,9-10,13,15H,5-8,11-12H2,1H3,(H,23,24). The summed E-state index contributed by atoms with van der Waals surface area (Å²) in [7, 11) is 1.95. The van der Waals surface area contributed by atoms with E-state index in [-0.39, 0.29) is 41.2 Å². The predicted octanol–water partition coefficient (Wildman–Crippen LogP) is 19.8. The van der Waals surface area contributed by atoms with Crippen LogP contribution in [0.1, 0.15) is 161 Å². The van der Waals surface area contributed by atoms with Gasteiger partial charge in [0.2, 0.25) is 29.5 Å². The SMILES string of the molecule is CC(=O)N1CCc2c(c(Nc3cccc(-c4ccc(F)cc4)c3)nn2CC2CC2)C1.CC(=O)N1CCc2c(c(Nc3cccc(-c4ccccc4F)c3)nn2CC2CC2)C1.CC(=O)N1CCc2c(c(Nc3cccc(-c4ccnn4C)c3)nn2CC2CC2)C1.CC(=O)N1CCc2c(c(Nc3cccc(-c4cnoc4)c3)nn2CC2CC2)C1.CC(=O)N1CCc2c(c(Nc3cccc(C4=CCN=C4)c3)nn2CC2CC2)C1. The molecule has 0 atom stereocenters. The molecule has 0 spiro atoms. The first-order valence-corrected chi connectivity index (χ1v) is 51.2. The van der Waals surface area contributed by atoms with E-state index < -0.39 is 0 Å². The van der Waals surface area contributed by atoms with Crippen molar-refractivity contribution in [3.8, 4) is 44.6 Å². The number of rotatable bonds is 25. The van der Waals surface area contributed by atoms with Gasteiger partial charge in [0, 0.05) is 253 Å². The lowest BCUT2D eigenvalue weighted by Gasteiger charge is -2.26. The lowest BCUT2D eigenvalue weighted by Crippen LogP contribution is -2.34. The minimum absolute atomic E-state index is 0.0862. The quantitative estimate of drug-likeness (QED) is 0.0355. The Morgan fingerprint density at radius 3 is 1.00 bits per heavy atom. The van der Waals surface area contributed by atoms with Gasteiger partial charge in [0.05, 0.1) is 51.2 Å². The zero-order valence-electron chi connectivity index (χ0n) is 83.1. The monoisotopic (exact) mass is 1950 g/mol. The zero-order chi connectivity index (χ0) is 99.5. The Labute approximate surface area is 842 Å². The van der Waals surface area contributed by atoms with Gasteiger partial charge in [-0.2, -0.15) is 30.6 Å². The number of hydrogen-bond acceptors (Lipinski definition) is 19. The maximum absolute atomic E-state index is 14.2. The molecule has 13 heterocycles. The Balaban J connectivity index is 0.000000107. The van der Waals surface area contributed by atoms with Gasteiger partial charge in [-0.25, -0.2) is 8.78 Å². The molecule has 30 nitrogen and oxygen atoms in total. The van der Waals surface area contributed by atoms with Crippen LogP contribution in [-0.2, 0) is 129 Å². The summed E-state index contributed by atoms with van der Waals surface area (Å²) in [6.07, 6.45) is 26.3. The Kier molecular flexibility index (Phi) is 27.9. The van der Waals surface area contributed by atoms with Crippen molar-refractivity contribution in [2.75, 3.05) is 65.9 Å². The highest BCUT2D eigenvalue weighted by Gasteiger charge is 2.37. The summed E-state index contributed by atoms with van der Waals surface area (Å²) in [6, 6.07) is 55.9. The van der Waals surface area contributed by atoms with Crippen LogP contribution >= 0.6 is 0 Å². The number of nitrogens with one attached hydrogen (secondary N) is 5. The number of carbonyl (C=O) groups is 5. The van der Waals surface area contributed by atoms with Crippen LogP contribution in [0.4, 0.5) is 66.3 Å². The first-order chi connectivity index (χ1) is 70.6. The molecule has 5 fully saturated rings. The fourth-order valence-electron chi connectivity index (χ4n) is 20.2. The Morgan fingerprint density at radius 2 is 0.683 bits per heavy atom. The summed E-state index contributed by atoms with van der Waals surface area (Å²) in [5.74, 6) is 8.01. The van der Waals surface area contributed by atoms with Crippen molar-refractivity contribution in [3.63, 3.8) is 0 Å². The summed E-state index contributed by atoms with van der Waals surface area (Å²) in [6.45, 7) is 20.6. The predicted molar refractivity (Wildman–Crippen MR) is 557 cm³/mol. The van der Waals surface area contributed by atoms with Gasteiger partial charge >= 0.3 is 0 Å². The van der Waals surface area contributed by atoms with Gasteiger partial charge in [0.25, 0.3) is 0 Å². The van der Waals surface area contributed by atoms with Gasteiger partial charge in [-0.05, 0) is 212 Å². The first kappa shape index (κ1) is 95.8. The van der Waals surface area contributed by atoms with Gasteiger partial charge in [0.15, 0.2) is 29.1 Å². The van der Waals surface area contributed by atoms with Crippen molar-refractivity contribution >= 4 is 98.8 Å². The molecule has 5 saturated carbocycles. The van der Waals surface area contributed by atoms with Crippen LogP contribution in [0, 0.1) is 41.2 Å². The van der Waals surface area contributed by atoms with Crippen LogP contribution in [0.3, 0.4) is 0 Å². The van der Waals surface area contributed by atoms with E-state index in [9.17, 15) is 32.8 Å². The van der Waals surface area contributed by atoms with Crippen molar-refractivity contribution in [1.29, 1.82) is 0 Å². The largest absolute Gasteiger partial charge is 0.364 e. The van der Waals surface area contributed by atoms with E-state index >= 15 is 0 Å². The number of aliphatic imine (C=N–C) groups is 1. The number of benzene rings is 7. The molecule has 5 amide bonds. The number of fused-ring (bicyclic) bond motifs is 5. The van der Waals surface area contributed by atoms with Crippen molar-refractivity contribution < 1.29 is 37.3 Å². The van der Waals surface area contributed by atoms with Gasteiger partial charge < -0.3 is 55.6 Å². The highest BCUT2D eigenvalue weighted by molar-refractivity contribution is 6.11. The number of nitrogens with zero attached hydrogens (tertiary/aromatic N) is 19. The highest BCUT2D eigenvalue weighted by atomic mass is 19.1. The van der Waals surface area contributed by atoms with Crippen molar-refractivity contribution in [2.45, 2.75) is 196 Å². The third kappa shape index (κ3) is 23.0. The van der Waals surface area contributed by atoms with Crippen molar-refractivity contribution in [3.05, 3.63) is 274 Å². The summed E-state index contributed by atoms with van der Waals surface area (Å²) >= 11 is 0. The molecule has 7 aromatic heterocycles. The second-order valence-electron chi connectivity index (χ2n) is 40.4. The van der Waals surface area contributed by atoms with Gasteiger partial charge in [-0.15, -0.1) is 0 Å². The number of amides is 5. The zero-order valence-corrected chi connectivity index (χ0v) is 83.1. The van der Waals surface area contributed by atoms with Gasteiger partial charge in [0.1, 0.15) is 17.9 Å². The van der Waals surface area contributed by atoms with Crippen LogP contribution in [0.25, 0.3) is 50.2 Å². The number of aryl methyl sites for hydroxylation is 1. The number of aromatic nitrogens is 13. The van der Waals surface area contributed by atoms with E-state index in [2.05, 4.69) is 120 Å². The van der Waals surface area contributed by atoms with Crippen molar-refractivity contribution in [2.24, 2.45) is 41.6 Å². The van der Waals surface area contributed by atoms with E-state index in [1.807, 2.05) is 134 Å². The minimum Gasteiger partial charge on any atom is -0.364 e. The molecule has 14 aromatic rings.